The second kappa shape index (κ2) is 5.90. The van der Waals surface area contributed by atoms with Gasteiger partial charge in [0.05, 0.1) is 12.0 Å². The van der Waals surface area contributed by atoms with E-state index in [4.69, 9.17) is 10.2 Å². The topological polar surface area (TPSA) is 107 Å². The van der Waals surface area contributed by atoms with Crippen LogP contribution in [-0.2, 0) is 4.79 Å². The molecule has 0 heterocycles. The quantitative estimate of drug-likeness (QED) is 0.628. The number of carboxylic acids is 1. The molecule has 1 aromatic carbocycles. The van der Waals surface area contributed by atoms with Crippen LogP contribution >= 0.6 is 0 Å². The molecule has 1 rings (SSSR count). The van der Waals surface area contributed by atoms with Crippen molar-refractivity contribution >= 4 is 11.9 Å². The summed E-state index contributed by atoms with van der Waals surface area (Å²) >= 11 is 0. The minimum atomic E-state index is -1.00. The Morgan fingerprint density at radius 2 is 2.00 bits per heavy atom. The maximum Gasteiger partial charge on any atom is 0.305 e. The van der Waals surface area contributed by atoms with Gasteiger partial charge in [0.25, 0.3) is 5.91 Å². The smallest absolute Gasteiger partial charge is 0.305 e. The zero-order chi connectivity index (χ0) is 13.7. The molecule has 18 heavy (non-hydrogen) atoms. The molecule has 0 aliphatic heterocycles. The average Bonchev–Trinajstić information content (AvgIpc) is 2.27. The Morgan fingerprint density at radius 1 is 1.33 bits per heavy atom. The lowest BCUT2D eigenvalue weighted by Crippen LogP contribution is -2.36. The maximum atomic E-state index is 11.8. The highest BCUT2D eigenvalue weighted by Gasteiger charge is 2.17. The highest BCUT2D eigenvalue weighted by molar-refractivity contribution is 5.97. The molecule has 0 fully saturated rings. The molecule has 0 saturated carbocycles. The zero-order valence-electron chi connectivity index (χ0n) is 9.88. The number of carboxylic acid groups (broad SMARTS) is 1. The maximum absolute atomic E-state index is 11.8. The molecule has 6 heteroatoms. The minimum absolute atomic E-state index is 0.00311. The Hall–Kier alpha value is -2.24. The van der Waals surface area contributed by atoms with Gasteiger partial charge in [0.2, 0.25) is 0 Å². The number of carbonyl (C=O) groups is 2. The van der Waals surface area contributed by atoms with Crippen molar-refractivity contribution in [3.63, 3.8) is 0 Å². The van der Waals surface area contributed by atoms with Gasteiger partial charge in [-0.2, -0.15) is 0 Å². The number of nitrogens with one attached hydrogen (secondary N) is 1. The van der Waals surface area contributed by atoms with E-state index in [1.807, 2.05) is 0 Å². The third kappa shape index (κ3) is 3.65. The van der Waals surface area contributed by atoms with Gasteiger partial charge in [0, 0.05) is 12.1 Å². The fourth-order valence-electron chi connectivity index (χ4n) is 1.48. The predicted octanol–water partition coefficient (Wildman–Crippen LogP) is 1.08. The lowest BCUT2D eigenvalue weighted by atomic mass is 10.1. The standard InChI is InChI=1S/C12H15NO5/c1-2-7(5-11(16)17)13-12(18)9-4-3-8(14)6-10(9)15/h3-4,6-7,14-15H,2,5H2,1H3,(H,13,18)(H,16,17). The summed E-state index contributed by atoms with van der Waals surface area (Å²) in [6.07, 6.45) is 0.290. The van der Waals surface area contributed by atoms with Gasteiger partial charge in [-0.15, -0.1) is 0 Å². The summed E-state index contributed by atoms with van der Waals surface area (Å²) in [5, 5.41) is 29.8. The van der Waals surface area contributed by atoms with Crippen molar-refractivity contribution in [3.05, 3.63) is 23.8 Å². The van der Waals surface area contributed by atoms with E-state index in [0.29, 0.717) is 6.42 Å². The van der Waals surface area contributed by atoms with Crippen molar-refractivity contribution in [2.24, 2.45) is 0 Å². The van der Waals surface area contributed by atoms with E-state index in [9.17, 15) is 14.7 Å². The molecule has 1 amide bonds. The molecule has 0 saturated heterocycles. The lowest BCUT2D eigenvalue weighted by Gasteiger charge is -2.15. The molecular weight excluding hydrogens is 238 g/mol. The number of aliphatic carboxylic acids is 1. The van der Waals surface area contributed by atoms with Crippen LogP contribution in [-0.4, -0.2) is 33.2 Å². The van der Waals surface area contributed by atoms with Crippen molar-refractivity contribution < 1.29 is 24.9 Å². The molecule has 1 unspecified atom stereocenters. The third-order valence-electron chi connectivity index (χ3n) is 2.47. The van der Waals surface area contributed by atoms with Gasteiger partial charge in [0.15, 0.2) is 0 Å². The molecule has 0 spiro atoms. The normalized spacial score (nSPS) is 11.8. The molecule has 0 bridgehead atoms. The Bertz CT molecular complexity index is 458. The van der Waals surface area contributed by atoms with E-state index in [-0.39, 0.29) is 23.5 Å². The molecule has 0 aromatic heterocycles. The van der Waals surface area contributed by atoms with Crippen molar-refractivity contribution in [3.8, 4) is 11.5 Å². The summed E-state index contributed by atoms with van der Waals surface area (Å²) in [6.45, 7) is 1.75. The van der Waals surface area contributed by atoms with Gasteiger partial charge < -0.3 is 20.6 Å². The van der Waals surface area contributed by atoms with Gasteiger partial charge in [-0.1, -0.05) is 6.92 Å². The van der Waals surface area contributed by atoms with Crippen molar-refractivity contribution in [1.82, 2.24) is 5.32 Å². The molecule has 0 radical (unpaired) electrons. The Balaban J connectivity index is 2.77. The van der Waals surface area contributed by atoms with E-state index in [0.717, 1.165) is 6.07 Å². The SMILES string of the molecule is CCC(CC(=O)O)NC(=O)c1ccc(O)cc1O. The first kappa shape index (κ1) is 13.8. The van der Waals surface area contributed by atoms with E-state index in [1.54, 1.807) is 6.92 Å². The fourth-order valence-corrected chi connectivity index (χ4v) is 1.48. The number of benzene rings is 1. The molecular formula is C12H15NO5. The van der Waals surface area contributed by atoms with Crippen LogP contribution in [0.4, 0.5) is 0 Å². The number of carbonyl (C=O) groups excluding carboxylic acids is 1. The molecule has 6 nitrogen and oxygen atoms in total. The van der Waals surface area contributed by atoms with Crippen LogP contribution in [0.15, 0.2) is 18.2 Å². The molecule has 4 N–H and O–H groups in total. The van der Waals surface area contributed by atoms with Gasteiger partial charge in [0.1, 0.15) is 11.5 Å². The molecule has 0 aliphatic carbocycles. The molecule has 1 aromatic rings. The number of phenolic OH excluding ortho intramolecular Hbond substituents is 2. The first-order valence-corrected chi connectivity index (χ1v) is 5.48. The van der Waals surface area contributed by atoms with Crippen LogP contribution in [0.5, 0.6) is 11.5 Å². The second-order valence-electron chi connectivity index (χ2n) is 3.88. The number of hydrogen-bond acceptors (Lipinski definition) is 4. The van der Waals surface area contributed by atoms with Gasteiger partial charge >= 0.3 is 5.97 Å². The lowest BCUT2D eigenvalue weighted by molar-refractivity contribution is -0.137. The summed E-state index contributed by atoms with van der Waals surface area (Å²) in [5.41, 5.74) is -0.00311. The van der Waals surface area contributed by atoms with Crippen LogP contribution < -0.4 is 5.32 Å². The summed E-state index contributed by atoms with van der Waals surface area (Å²) in [4.78, 5) is 22.3. The first-order valence-electron chi connectivity index (χ1n) is 5.48. The van der Waals surface area contributed by atoms with Gasteiger partial charge in [-0.3, -0.25) is 9.59 Å². The highest BCUT2D eigenvalue weighted by atomic mass is 16.4. The molecule has 1 atom stereocenters. The predicted molar refractivity (Wildman–Crippen MR) is 63.6 cm³/mol. The molecule has 98 valence electrons. The van der Waals surface area contributed by atoms with Crippen LogP contribution in [0.25, 0.3) is 0 Å². The second-order valence-corrected chi connectivity index (χ2v) is 3.88. The summed E-state index contributed by atoms with van der Waals surface area (Å²) < 4.78 is 0. The minimum Gasteiger partial charge on any atom is -0.508 e. The molecule has 0 aliphatic rings. The Morgan fingerprint density at radius 3 is 2.50 bits per heavy atom. The summed E-state index contributed by atoms with van der Waals surface area (Å²) in [5.74, 6) is -2.07. The van der Waals surface area contributed by atoms with E-state index in [1.165, 1.54) is 12.1 Å². The highest BCUT2D eigenvalue weighted by Crippen LogP contribution is 2.22. The van der Waals surface area contributed by atoms with Crippen molar-refractivity contribution in [2.75, 3.05) is 0 Å². The van der Waals surface area contributed by atoms with Crippen molar-refractivity contribution in [2.45, 2.75) is 25.8 Å². The summed E-state index contributed by atoms with van der Waals surface area (Å²) in [7, 11) is 0. The van der Waals surface area contributed by atoms with Crippen LogP contribution in [0, 0.1) is 0 Å². The number of hydrogen-bond donors (Lipinski definition) is 4. The Kier molecular flexibility index (Phi) is 4.53. The van der Waals surface area contributed by atoms with Crippen LogP contribution in [0.3, 0.4) is 0 Å². The number of aromatic hydroxyl groups is 2. The monoisotopic (exact) mass is 253 g/mol. The van der Waals surface area contributed by atoms with Crippen LogP contribution in [0.1, 0.15) is 30.1 Å². The largest absolute Gasteiger partial charge is 0.508 e. The van der Waals surface area contributed by atoms with Gasteiger partial charge in [-0.05, 0) is 18.6 Å². The number of amides is 1. The van der Waals surface area contributed by atoms with Gasteiger partial charge in [-0.25, -0.2) is 0 Å². The number of rotatable bonds is 5. The average molecular weight is 253 g/mol. The fraction of sp³-hybridized carbons (Fsp3) is 0.333. The Labute approximate surface area is 104 Å². The van der Waals surface area contributed by atoms with Crippen molar-refractivity contribution in [1.29, 1.82) is 0 Å². The van der Waals surface area contributed by atoms with Crippen LogP contribution in [0.2, 0.25) is 0 Å². The van der Waals surface area contributed by atoms with E-state index in [2.05, 4.69) is 5.32 Å². The zero-order valence-corrected chi connectivity index (χ0v) is 9.88. The first-order chi connectivity index (χ1) is 8.43. The van der Waals surface area contributed by atoms with E-state index < -0.39 is 17.9 Å². The van der Waals surface area contributed by atoms with E-state index >= 15 is 0 Å². The third-order valence-corrected chi connectivity index (χ3v) is 2.47. The number of phenols is 2. The summed E-state index contributed by atoms with van der Waals surface area (Å²) in [6, 6.07) is 3.09.